The van der Waals surface area contributed by atoms with Crippen molar-refractivity contribution >= 4 is 15.9 Å². The third kappa shape index (κ3) is 1.48. The minimum atomic E-state index is -3.72. The summed E-state index contributed by atoms with van der Waals surface area (Å²) in [5.74, 6) is -2.82. The summed E-state index contributed by atoms with van der Waals surface area (Å²) in [5.41, 5.74) is 0. The lowest BCUT2D eigenvalue weighted by Crippen LogP contribution is -2.29. The molecule has 0 unspecified atom stereocenters. The molecule has 0 aromatic heterocycles. The molecule has 1 aliphatic heterocycles. The molecule has 0 aromatic carbocycles. The number of halogens is 5. The molecular formula is C8H7BrF4O. The fourth-order valence-electron chi connectivity index (χ4n) is 1.91. The maximum atomic E-state index is 13.0. The zero-order valence-electron chi connectivity index (χ0n) is 6.94. The average Bonchev–Trinajstić information content (AvgIpc) is 2.17. The van der Waals surface area contributed by atoms with E-state index in [0.717, 1.165) is 0 Å². The van der Waals surface area contributed by atoms with Crippen molar-refractivity contribution in [3.63, 3.8) is 0 Å². The van der Waals surface area contributed by atoms with E-state index in [1.165, 1.54) is 6.08 Å². The Kier molecular flexibility index (Phi) is 2.19. The average molecular weight is 275 g/mol. The first kappa shape index (κ1) is 10.4. The number of rotatable bonds is 0. The van der Waals surface area contributed by atoms with Crippen LogP contribution in [0.2, 0.25) is 0 Å². The quantitative estimate of drug-likeness (QED) is 0.615. The molecular weight excluding hydrogens is 268 g/mol. The van der Waals surface area contributed by atoms with E-state index in [0.29, 0.717) is 4.48 Å². The molecule has 0 N–H and O–H groups in total. The van der Waals surface area contributed by atoms with Gasteiger partial charge in [-0.05, 0) is 17.3 Å². The molecule has 2 aliphatic rings. The first-order valence-corrected chi connectivity index (χ1v) is 4.92. The molecule has 2 atom stereocenters. The maximum absolute atomic E-state index is 13.0. The van der Waals surface area contributed by atoms with Gasteiger partial charge in [-0.25, -0.2) is 0 Å². The summed E-state index contributed by atoms with van der Waals surface area (Å²) in [4.78, 5) is 0. The van der Waals surface area contributed by atoms with Crippen molar-refractivity contribution in [1.82, 2.24) is 0 Å². The SMILES string of the molecule is FC1(F)OC(F)(F)[C@H]2CC(Br)=CC[C@H]21. The lowest BCUT2D eigenvalue weighted by molar-refractivity contribution is -0.341. The van der Waals surface area contributed by atoms with Crippen LogP contribution in [0, 0.1) is 11.8 Å². The Hall–Kier alpha value is -0.100. The Morgan fingerprint density at radius 2 is 1.79 bits per heavy atom. The van der Waals surface area contributed by atoms with Crippen LogP contribution >= 0.6 is 15.9 Å². The number of alkyl halides is 4. The van der Waals surface area contributed by atoms with E-state index < -0.39 is 24.1 Å². The van der Waals surface area contributed by atoms with E-state index in [4.69, 9.17) is 0 Å². The fourth-order valence-corrected chi connectivity index (χ4v) is 2.45. The van der Waals surface area contributed by atoms with Crippen LogP contribution in [0.25, 0.3) is 0 Å². The molecule has 0 radical (unpaired) electrons. The van der Waals surface area contributed by atoms with Crippen LogP contribution in [-0.2, 0) is 4.74 Å². The van der Waals surface area contributed by atoms with Gasteiger partial charge in [0, 0.05) is 0 Å². The normalized spacial score (nSPS) is 39.1. The molecule has 0 spiro atoms. The summed E-state index contributed by atoms with van der Waals surface area (Å²) in [6.45, 7) is 0. The van der Waals surface area contributed by atoms with Crippen molar-refractivity contribution in [2.24, 2.45) is 11.8 Å². The minimum Gasteiger partial charge on any atom is -0.255 e. The van der Waals surface area contributed by atoms with Gasteiger partial charge in [0.15, 0.2) is 0 Å². The second-order valence-electron chi connectivity index (χ2n) is 3.53. The Morgan fingerprint density at radius 3 is 2.43 bits per heavy atom. The van der Waals surface area contributed by atoms with Crippen molar-refractivity contribution in [2.75, 3.05) is 0 Å². The highest BCUT2D eigenvalue weighted by Crippen LogP contribution is 2.56. The first-order valence-electron chi connectivity index (χ1n) is 4.13. The fraction of sp³-hybridized carbons (Fsp3) is 0.750. The van der Waals surface area contributed by atoms with E-state index in [1.54, 1.807) is 0 Å². The highest BCUT2D eigenvalue weighted by atomic mass is 79.9. The Morgan fingerprint density at radius 1 is 1.21 bits per heavy atom. The highest BCUT2D eigenvalue weighted by Gasteiger charge is 2.66. The summed E-state index contributed by atoms with van der Waals surface area (Å²) < 4.78 is 56.0. The van der Waals surface area contributed by atoms with Crippen molar-refractivity contribution in [3.8, 4) is 0 Å². The summed E-state index contributed by atoms with van der Waals surface area (Å²) in [7, 11) is 0. The largest absolute Gasteiger partial charge is 0.363 e. The van der Waals surface area contributed by atoms with Crippen LogP contribution in [0.15, 0.2) is 10.6 Å². The second-order valence-corrected chi connectivity index (χ2v) is 4.55. The van der Waals surface area contributed by atoms with Crippen molar-refractivity contribution in [2.45, 2.75) is 25.1 Å². The van der Waals surface area contributed by atoms with E-state index in [2.05, 4.69) is 20.7 Å². The monoisotopic (exact) mass is 274 g/mol. The van der Waals surface area contributed by atoms with E-state index in [9.17, 15) is 17.6 Å². The van der Waals surface area contributed by atoms with Gasteiger partial charge in [-0.3, -0.25) is 4.74 Å². The standard InChI is InChI=1S/C8H7BrF4O/c9-4-1-2-5-6(3-4)8(12,13)14-7(5,10)11/h1,5-6H,2-3H2/t5-,6+/m1/s1. The molecule has 1 nitrogen and oxygen atoms in total. The molecule has 2 rings (SSSR count). The summed E-state index contributed by atoms with van der Waals surface area (Å²) in [6, 6.07) is 0. The number of ether oxygens (including phenoxy) is 1. The molecule has 0 bridgehead atoms. The molecule has 0 amide bonds. The van der Waals surface area contributed by atoms with Gasteiger partial charge in [-0.2, -0.15) is 17.6 Å². The van der Waals surface area contributed by atoms with Crippen LogP contribution in [0.4, 0.5) is 17.6 Å². The van der Waals surface area contributed by atoms with E-state index in [-0.39, 0.29) is 12.8 Å². The molecule has 1 heterocycles. The molecule has 14 heavy (non-hydrogen) atoms. The van der Waals surface area contributed by atoms with E-state index in [1.807, 2.05) is 0 Å². The third-order valence-corrected chi connectivity index (χ3v) is 3.28. The molecule has 0 saturated carbocycles. The number of hydrogen-bond donors (Lipinski definition) is 0. The van der Waals surface area contributed by atoms with Gasteiger partial charge >= 0.3 is 12.2 Å². The van der Waals surface area contributed by atoms with E-state index >= 15 is 0 Å². The Labute approximate surface area is 86.2 Å². The molecule has 1 fully saturated rings. The van der Waals surface area contributed by atoms with Crippen molar-refractivity contribution in [3.05, 3.63) is 10.6 Å². The van der Waals surface area contributed by atoms with Crippen molar-refractivity contribution in [1.29, 1.82) is 0 Å². The molecule has 1 saturated heterocycles. The number of allylic oxidation sites excluding steroid dienone is 2. The minimum absolute atomic E-state index is 0.0756. The molecule has 1 aliphatic carbocycles. The zero-order chi connectivity index (χ0) is 10.6. The third-order valence-electron chi connectivity index (χ3n) is 2.63. The Balaban J connectivity index is 2.32. The van der Waals surface area contributed by atoms with Gasteiger partial charge < -0.3 is 0 Å². The van der Waals surface area contributed by atoms with Crippen LogP contribution in [0.5, 0.6) is 0 Å². The van der Waals surface area contributed by atoms with Gasteiger partial charge in [0.1, 0.15) is 0 Å². The van der Waals surface area contributed by atoms with Gasteiger partial charge in [0.05, 0.1) is 11.8 Å². The highest BCUT2D eigenvalue weighted by molar-refractivity contribution is 9.11. The second kappa shape index (κ2) is 2.95. The van der Waals surface area contributed by atoms with Gasteiger partial charge in [0.2, 0.25) is 0 Å². The van der Waals surface area contributed by atoms with Crippen LogP contribution in [-0.4, -0.2) is 12.2 Å². The summed E-state index contributed by atoms with van der Waals surface area (Å²) in [6.07, 6.45) is -6.10. The summed E-state index contributed by atoms with van der Waals surface area (Å²) >= 11 is 3.04. The maximum Gasteiger partial charge on any atom is 0.363 e. The predicted octanol–water partition coefficient (Wildman–Crippen LogP) is 3.51. The number of hydrogen-bond acceptors (Lipinski definition) is 1. The number of fused-ring (bicyclic) bond motifs is 1. The van der Waals surface area contributed by atoms with Gasteiger partial charge in [-0.15, -0.1) is 0 Å². The lowest BCUT2D eigenvalue weighted by atomic mass is 9.83. The van der Waals surface area contributed by atoms with Crippen LogP contribution < -0.4 is 0 Å². The van der Waals surface area contributed by atoms with Crippen LogP contribution in [0.1, 0.15) is 12.8 Å². The van der Waals surface area contributed by atoms with Gasteiger partial charge in [-0.1, -0.05) is 22.0 Å². The zero-order valence-corrected chi connectivity index (χ0v) is 8.53. The molecule has 80 valence electrons. The van der Waals surface area contributed by atoms with Crippen LogP contribution in [0.3, 0.4) is 0 Å². The lowest BCUT2D eigenvalue weighted by Gasteiger charge is -2.24. The molecule has 0 aromatic rings. The predicted molar refractivity (Wildman–Crippen MR) is 44.2 cm³/mol. The topological polar surface area (TPSA) is 9.23 Å². The van der Waals surface area contributed by atoms with Gasteiger partial charge in [0.25, 0.3) is 0 Å². The smallest absolute Gasteiger partial charge is 0.255 e. The first-order chi connectivity index (χ1) is 6.33. The Bertz CT molecular complexity index is 289. The summed E-state index contributed by atoms with van der Waals surface area (Å²) in [5, 5.41) is 0. The van der Waals surface area contributed by atoms with Crippen molar-refractivity contribution < 1.29 is 22.3 Å². The molecule has 6 heteroatoms.